The summed E-state index contributed by atoms with van der Waals surface area (Å²) in [5.74, 6) is -5.35. The van der Waals surface area contributed by atoms with Crippen LogP contribution in [0.4, 0.5) is 18.9 Å². The summed E-state index contributed by atoms with van der Waals surface area (Å²) < 4.78 is 42.8. The summed E-state index contributed by atoms with van der Waals surface area (Å²) in [6, 6.07) is 1.48. The molecule has 1 saturated heterocycles. The number of nitrogens with one attached hydrogen (secondary N) is 1. The average molecular weight is 396 g/mol. The lowest BCUT2D eigenvalue weighted by molar-refractivity contribution is -0.385. The van der Waals surface area contributed by atoms with Crippen molar-refractivity contribution in [3.63, 3.8) is 0 Å². The molecular formula is C14H15F3N2O8. The zero-order chi connectivity index (χ0) is 20.6. The van der Waals surface area contributed by atoms with Gasteiger partial charge in [0.05, 0.1) is 11.5 Å². The maximum absolute atomic E-state index is 12.6. The van der Waals surface area contributed by atoms with Crippen molar-refractivity contribution in [3.05, 3.63) is 39.9 Å². The fourth-order valence-electron chi connectivity index (χ4n) is 2.64. The summed E-state index contributed by atoms with van der Waals surface area (Å²) in [4.78, 5) is 21.2. The number of benzene rings is 1. The number of nitrogens with zero attached hydrogens (tertiary/aromatic N) is 1. The van der Waals surface area contributed by atoms with Crippen LogP contribution < -0.4 is 5.32 Å². The highest BCUT2D eigenvalue weighted by molar-refractivity contribution is 5.82. The lowest BCUT2D eigenvalue weighted by Gasteiger charge is -2.47. The molecule has 5 N–H and O–H groups in total. The normalized spacial score (nSPS) is 31.4. The second kappa shape index (κ2) is 7.36. The first-order chi connectivity index (χ1) is 12.4. The molecule has 1 aliphatic rings. The predicted molar refractivity (Wildman–Crippen MR) is 79.0 cm³/mol. The molecule has 0 aromatic heterocycles. The minimum atomic E-state index is -5.37. The molecule has 0 aliphatic carbocycles. The number of hydrogen-bond acceptors (Lipinski definition) is 8. The number of nitro benzene ring substituents is 1. The van der Waals surface area contributed by atoms with Gasteiger partial charge in [-0.3, -0.25) is 14.9 Å². The van der Waals surface area contributed by atoms with Crippen LogP contribution in [0.1, 0.15) is 5.56 Å². The highest BCUT2D eigenvalue weighted by Crippen LogP contribution is 2.37. The summed E-state index contributed by atoms with van der Waals surface area (Å²) >= 11 is 0. The Labute approximate surface area is 148 Å². The highest BCUT2D eigenvalue weighted by Gasteiger charge is 2.56. The number of aliphatic hydroxyl groups excluding tert-OH is 3. The Morgan fingerprint density at radius 2 is 1.81 bits per heavy atom. The number of halogens is 3. The highest BCUT2D eigenvalue weighted by atomic mass is 19.4. The van der Waals surface area contributed by atoms with E-state index >= 15 is 0 Å². The van der Waals surface area contributed by atoms with Crippen molar-refractivity contribution in [2.24, 2.45) is 0 Å². The molecule has 13 heteroatoms. The molecule has 1 aliphatic heterocycles. The fourth-order valence-corrected chi connectivity index (χ4v) is 2.64. The summed E-state index contributed by atoms with van der Waals surface area (Å²) in [7, 11) is 0. The van der Waals surface area contributed by atoms with Crippen molar-refractivity contribution in [3.8, 4) is 0 Å². The third kappa shape index (κ3) is 4.01. The molecule has 1 heterocycles. The lowest BCUT2D eigenvalue weighted by atomic mass is 9.86. The summed E-state index contributed by atoms with van der Waals surface area (Å²) in [6.45, 7) is -0.923. The van der Waals surface area contributed by atoms with Crippen molar-refractivity contribution < 1.29 is 48.1 Å². The van der Waals surface area contributed by atoms with E-state index < -0.39 is 59.4 Å². The van der Waals surface area contributed by atoms with E-state index in [1.807, 2.05) is 0 Å². The number of rotatable bonds is 4. The Balaban J connectivity index is 2.47. The van der Waals surface area contributed by atoms with E-state index in [1.165, 1.54) is 5.32 Å². The molecule has 0 spiro atoms. The number of amides is 1. The maximum Gasteiger partial charge on any atom is 0.471 e. The average Bonchev–Trinajstić information content (AvgIpc) is 2.60. The Morgan fingerprint density at radius 3 is 2.26 bits per heavy atom. The van der Waals surface area contributed by atoms with Crippen LogP contribution in [0.3, 0.4) is 0 Å². The van der Waals surface area contributed by atoms with Gasteiger partial charge in [0.2, 0.25) is 5.79 Å². The topological polar surface area (TPSA) is 162 Å². The van der Waals surface area contributed by atoms with Crippen molar-refractivity contribution >= 4 is 11.6 Å². The van der Waals surface area contributed by atoms with Gasteiger partial charge in [-0.15, -0.1) is 0 Å². The first kappa shape index (κ1) is 21.0. The lowest BCUT2D eigenvalue weighted by Crippen LogP contribution is -2.69. The molecule has 1 fully saturated rings. The van der Waals surface area contributed by atoms with Crippen molar-refractivity contribution in [2.45, 2.75) is 36.3 Å². The molecule has 0 bridgehead atoms. The van der Waals surface area contributed by atoms with Gasteiger partial charge in [0.25, 0.3) is 5.69 Å². The quantitative estimate of drug-likeness (QED) is 0.316. The minimum Gasteiger partial charge on any atom is -0.394 e. The van der Waals surface area contributed by atoms with Gasteiger partial charge in [0.15, 0.2) is 0 Å². The Hall–Kier alpha value is -2.32. The molecule has 0 radical (unpaired) electrons. The van der Waals surface area contributed by atoms with Gasteiger partial charge in [-0.2, -0.15) is 13.2 Å². The van der Waals surface area contributed by atoms with E-state index in [4.69, 9.17) is 4.74 Å². The first-order valence-corrected chi connectivity index (χ1v) is 7.41. The van der Waals surface area contributed by atoms with Gasteiger partial charge >= 0.3 is 12.1 Å². The number of hydrogen-bond donors (Lipinski definition) is 5. The largest absolute Gasteiger partial charge is 0.471 e. The van der Waals surface area contributed by atoms with E-state index in [9.17, 15) is 48.5 Å². The van der Waals surface area contributed by atoms with Gasteiger partial charge < -0.3 is 30.5 Å². The number of carbonyl (C=O) groups is 1. The van der Waals surface area contributed by atoms with Crippen molar-refractivity contribution in [1.82, 2.24) is 5.32 Å². The monoisotopic (exact) mass is 396 g/mol. The van der Waals surface area contributed by atoms with Crippen LogP contribution in [0, 0.1) is 10.1 Å². The molecule has 1 aromatic carbocycles. The van der Waals surface area contributed by atoms with Crippen LogP contribution in [0.2, 0.25) is 0 Å². The minimum absolute atomic E-state index is 0.357. The van der Waals surface area contributed by atoms with Gasteiger partial charge in [-0.05, 0) is 12.1 Å². The number of alkyl halides is 3. The second-order valence-electron chi connectivity index (χ2n) is 5.77. The summed E-state index contributed by atoms with van der Waals surface area (Å²) in [5.41, 5.74) is -0.765. The third-order valence-corrected chi connectivity index (χ3v) is 4.04. The molecular weight excluding hydrogens is 381 g/mol. The molecule has 5 atom stereocenters. The van der Waals surface area contributed by atoms with E-state index in [0.717, 1.165) is 24.3 Å². The van der Waals surface area contributed by atoms with Crippen LogP contribution in [-0.4, -0.2) is 68.4 Å². The molecule has 1 aromatic rings. The number of carbonyl (C=O) groups excluding carboxylic acids is 1. The standard InChI is InChI=1S/C14H15F3N2O8/c15-14(16,17)12(23)18-11-10(22)9(21)8(5-20)27-13(11,24)6-1-3-7(4-2-6)19(25)26/h1-4,8-11,20-22,24H,5H2,(H,18,23)/t8-,9-,10+,11-,13-/m1/s1. The SMILES string of the molecule is O=C(N[C@@H]1[C@@H](O)[C@H](O)[C@@H](CO)O[C@]1(O)c1ccc([N+](=O)[O-])cc1)C(F)(F)F. The van der Waals surface area contributed by atoms with E-state index in [1.54, 1.807) is 0 Å². The summed E-state index contributed by atoms with van der Waals surface area (Å²) in [6.07, 6.45) is -11.1. The van der Waals surface area contributed by atoms with Gasteiger partial charge in [-0.1, -0.05) is 0 Å². The number of non-ortho nitro benzene ring substituents is 1. The van der Waals surface area contributed by atoms with Crippen LogP contribution in [-0.2, 0) is 15.3 Å². The Kier molecular flexibility index (Phi) is 5.72. The van der Waals surface area contributed by atoms with Gasteiger partial charge in [-0.25, -0.2) is 0 Å². The van der Waals surface area contributed by atoms with Crippen molar-refractivity contribution in [2.75, 3.05) is 6.61 Å². The Bertz CT molecular complexity index is 713. The molecule has 0 saturated carbocycles. The second-order valence-corrected chi connectivity index (χ2v) is 5.77. The smallest absolute Gasteiger partial charge is 0.394 e. The number of nitro groups is 1. The van der Waals surface area contributed by atoms with Crippen molar-refractivity contribution in [1.29, 1.82) is 0 Å². The zero-order valence-electron chi connectivity index (χ0n) is 13.3. The zero-order valence-corrected chi connectivity index (χ0v) is 13.3. The number of ether oxygens (including phenoxy) is 1. The van der Waals surface area contributed by atoms with Gasteiger partial charge in [0, 0.05) is 17.7 Å². The molecule has 1 amide bonds. The number of aliphatic hydroxyl groups is 4. The maximum atomic E-state index is 12.6. The van der Waals surface area contributed by atoms with E-state index in [-0.39, 0.29) is 5.56 Å². The van der Waals surface area contributed by atoms with E-state index in [0.29, 0.717) is 0 Å². The molecule has 10 nitrogen and oxygen atoms in total. The van der Waals surface area contributed by atoms with Crippen LogP contribution >= 0.6 is 0 Å². The predicted octanol–water partition coefficient (Wildman–Crippen LogP) is -1.10. The summed E-state index contributed by atoms with van der Waals surface area (Å²) in [5, 5.41) is 52.0. The van der Waals surface area contributed by atoms with Crippen LogP contribution in [0.15, 0.2) is 24.3 Å². The molecule has 2 rings (SSSR count). The van der Waals surface area contributed by atoms with Gasteiger partial charge in [0.1, 0.15) is 24.4 Å². The first-order valence-electron chi connectivity index (χ1n) is 7.41. The Morgan fingerprint density at radius 1 is 1.26 bits per heavy atom. The van der Waals surface area contributed by atoms with Crippen LogP contribution in [0.25, 0.3) is 0 Å². The molecule has 0 unspecified atom stereocenters. The molecule has 150 valence electrons. The van der Waals surface area contributed by atoms with Crippen LogP contribution in [0.5, 0.6) is 0 Å². The van der Waals surface area contributed by atoms with E-state index in [2.05, 4.69) is 0 Å². The fraction of sp³-hybridized carbons (Fsp3) is 0.500. The molecule has 27 heavy (non-hydrogen) atoms. The third-order valence-electron chi connectivity index (χ3n) is 4.04.